The Morgan fingerprint density at radius 3 is 2.83 bits per heavy atom. The van der Waals surface area contributed by atoms with E-state index in [2.05, 4.69) is 18.3 Å². The fraction of sp³-hybridized carbons (Fsp3) is 0.263. The summed E-state index contributed by atoms with van der Waals surface area (Å²) in [5.41, 5.74) is 4.78. The van der Waals surface area contributed by atoms with Crippen molar-refractivity contribution in [3.05, 3.63) is 59.2 Å². The average molecular weight is 306 g/mol. The fourth-order valence-electron chi connectivity index (χ4n) is 3.53. The minimum Gasteiger partial charge on any atom is -0.326 e. The number of aryl methyl sites for hydroxylation is 1. The lowest BCUT2D eigenvalue weighted by atomic mass is 10.00. The first-order valence-corrected chi connectivity index (χ1v) is 7.98. The van der Waals surface area contributed by atoms with Crippen molar-refractivity contribution in [1.82, 2.24) is 0 Å². The molecule has 4 rings (SSSR count). The number of anilines is 2. The van der Waals surface area contributed by atoms with Gasteiger partial charge in [0.1, 0.15) is 0 Å². The van der Waals surface area contributed by atoms with E-state index in [1.165, 1.54) is 5.56 Å². The minimum absolute atomic E-state index is 0.0298. The summed E-state index contributed by atoms with van der Waals surface area (Å²) in [5.74, 6) is 0.0702. The van der Waals surface area contributed by atoms with E-state index < -0.39 is 0 Å². The van der Waals surface area contributed by atoms with E-state index in [0.717, 1.165) is 23.4 Å². The topological polar surface area (TPSA) is 49.4 Å². The predicted molar refractivity (Wildman–Crippen MR) is 89.8 cm³/mol. The van der Waals surface area contributed by atoms with Crippen LogP contribution in [-0.4, -0.2) is 17.9 Å². The van der Waals surface area contributed by atoms with Gasteiger partial charge in [0.25, 0.3) is 5.91 Å². The summed E-state index contributed by atoms with van der Waals surface area (Å²) in [6, 6.07) is 13.8. The van der Waals surface area contributed by atoms with Crippen LogP contribution in [0.4, 0.5) is 11.4 Å². The van der Waals surface area contributed by atoms with Gasteiger partial charge in [-0.3, -0.25) is 9.59 Å². The summed E-state index contributed by atoms with van der Waals surface area (Å²) in [6.07, 6.45) is 2.06. The number of hydrogen-bond acceptors (Lipinski definition) is 2. The summed E-state index contributed by atoms with van der Waals surface area (Å²) < 4.78 is 0. The van der Waals surface area contributed by atoms with Gasteiger partial charge in [0.05, 0.1) is 0 Å². The zero-order valence-electron chi connectivity index (χ0n) is 13.0. The molecule has 0 saturated heterocycles. The normalized spacial score (nSPS) is 19.1. The predicted octanol–water partition coefficient (Wildman–Crippen LogP) is 3.16. The third-order valence-electron chi connectivity index (χ3n) is 4.67. The van der Waals surface area contributed by atoms with Gasteiger partial charge in [-0.05, 0) is 55.2 Å². The van der Waals surface area contributed by atoms with Crippen LogP contribution in [0.2, 0.25) is 0 Å². The van der Waals surface area contributed by atoms with Crippen molar-refractivity contribution < 1.29 is 9.59 Å². The lowest BCUT2D eigenvalue weighted by Gasteiger charge is -2.24. The van der Waals surface area contributed by atoms with Crippen molar-refractivity contribution in [2.45, 2.75) is 32.2 Å². The SMILES string of the molecule is C[C@@H]1Cc2ccccc2N1C(=O)c1ccc2c(c1)CCC(=O)N2. The Bertz CT molecular complexity index is 813. The van der Waals surface area contributed by atoms with Gasteiger partial charge in [0, 0.05) is 29.4 Å². The van der Waals surface area contributed by atoms with E-state index in [0.29, 0.717) is 18.4 Å². The van der Waals surface area contributed by atoms with Gasteiger partial charge in [-0.25, -0.2) is 0 Å². The molecule has 0 spiro atoms. The lowest BCUT2D eigenvalue weighted by molar-refractivity contribution is -0.116. The Morgan fingerprint density at radius 2 is 1.96 bits per heavy atom. The highest BCUT2D eigenvalue weighted by Crippen LogP contribution is 2.33. The van der Waals surface area contributed by atoms with Crippen molar-refractivity contribution in [2.75, 3.05) is 10.2 Å². The van der Waals surface area contributed by atoms with E-state index in [1.54, 1.807) is 6.07 Å². The van der Waals surface area contributed by atoms with Crippen LogP contribution in [0.1, 0.15) is 34.8 Å². The Labute approximate surface area is 135 Å². The molecule has 0 aliphatic carbocycles. The molecule has 0 unspecified atom stereocenters. The molecular formula is C19H18N2O2. The summed E-state index contributed by atoms with van der Waals surface area (Å²) in [6.45, 7) is 2.08. The van der Waals surface area contributed by atoms with Gasteiger partial charge in [-0.1, -0.05) is 18.2 Å². The van der Waals surface area contributed by atoms with Gasteiger partial charge < -0.3 is 10.2 Å². The van der Waals surface area contributed by atoms with Crippen LogP contribution in [0.3, 0.4) is 0 Å². The smallest absolute Gasteiger partial charge is 0.258 e. The van der Waals surface area contributed by atoms with Crippen molar-refractivity contribution in [3.8, 4) is 0 Å². The molecule has 0 fully saturated rings. The number of benzene rings is 2. The van der Waals surface area contributed by atoms with Crippen molar-refractivity contribution in [3.63, 3.8) is 0 Å². The molecule has 2 aliphatic rings. The second-order valence-electron chi connectivity index (χ2n) is 6.28. The van der Waals surface area contributed by atoms with E-state index >= 15 is 0 Å². The van der Waals surface area contributed by atoms with E-state index in [1.807, 2.05) is 35.2 Å². The van der Waals surface area contributed by atoms with Crippen molar-refractivity contribution >= 4 is 23.2 Å². The highest BCUT2D eigenvalue weighted by Gasteiger charge is 2.31. The van der Waals surface area contributed by atoms with E-state index in [4.69, 9.17) is 0 Å². The van der Waals surface area contributed by atoms with Crippen molar-refractivity contribution in [1.29, 1.82) is 0 Å². The van der Waals surface area contributed by atoms with Crippen LogP contribution in [0, 0.1) is 0 Å². The number of amides is 2. The molecule has 0 saturated carbocycles. The Balaban J connectivity index is 1.69. The number of carbonyl (C=O) groups is 2. The Morgan fingerprint density at radius 1 is 1.13 bits per heavy atom. The first-order chi connectivity index (χ1) is 11.1. The van der Waals surface area contributed by atoms with E-state index in [9.17, 15) is 9.59 Å². The Kier molecular flexibility index (Phi) is 3.18. The zero-order valence-corrected chi connectivity index (χ0v) is 13.0. The van der Waals surface area contributed by atoms with Crippen LogP contribution < -0.4 is 10.2 Å². The molecule has 2 aromatic carbocycles. The third-order valence-corrected chi connectivity index (χ3v) is 4.67. The van der Waals surface area contributed by atoms with Gasteiger partial charge in [-0.15, -0.1) is 0 Å². The van der Waals surface area contributed by atoms with E-state index in [-0.39, 0.29) is 17.9 Å². The zero-order chi connectivity index (χ0) is 16.0. The summed E-state index contributed by atoms with van der Waals surface area (Å²) >= 11 is 0. The first kappa shape index (κ1) is 14.0. The number of hydrogen-bond donors (Lipinski definition) is 1. The van der Waals surface area contributed by atoms with Gasteiger partial charge in [0.2, 0.25) is 5.91 Å². The summed E-state index contributed by atoms with van der Waals surface area (Å²) in [4.78, 5) is 26.3. The monoisotopic (exact) mass is 306 g/mol. The van der Waals surface area contributed by atoms with Gasteiger partial charge in [-0.2, -0.15) is 0 Å². The molecule has 0 bridgehead atoms. The fourth-order valence-corrected chi connectivity index (χ4v) is 3.53. The highest BCUT2D eigenvalue weighted by molar-refractivity contribution is 6.08. The number of para-hydroxylation sites is 1. The standard InChI is InChI=1S/C19H18N2O2/c1-12-10-14-4-2-3-5-17(14)21(12)19(23)15-6-8-16-13(11-15)7-9-18(22)20-16/h2-6,8,11-12H,7,9-10H2,1H3,(H,20,22)/t12-/m1/s1. The largest absolute Gasteiger partial charge is 0.326 e. The first-order valence-electron chi connectivity index (χ1n) is 7.98. The molecule has 23 heavy (non-hydrogen) atoms. The van der Waals surface area contributed by atoms with Crippen LogP contribution in [0.15, 0.2) is 42.5 Å². The number of rotatable bonds is 1. The molecule has 2 aliphatic heterocycles. The molecule has 116 valence electrons. The van der Waals surface area contributed by atoms with Crippen LogP contribution in [0.25, 0.3) is 0 Å². The Hall–Kier alpha value is -2.62. The second kappa shape index (κ2) is 5.23. The second-order valence-corrected chi connectivity index (χ2v) is 6.28. The lowest BCUT2D eigenvalue weighted by Crippen LogP contribution is -2.35. The molecule has 2 aromatic rings. The van der Waals surface area contributed by atoms with Crippen molar-refractivity contribution in [2.24, 2.45) is 0 Å². The maximum absolute atomic E-state index is 13.0. The van der Waals surface area contributed by atoms with Gasteiger partial charge in [0.15, 0.2) is 0 Å². The average Bonchev–Trinajstić information content (AvgIpc) is 2.89. The summed E-state index contributed by atoms with van der Waals surface area (Å²) in [5, 5.41) is 2.86. The minimum atomic E-state index is 0.0298. The van der Waals surface area contributed by atoms with Crippen LogP contribution in [-0.2, 0) is 17.6 Å². The summed E-state index contributed by atoms with van der Waals surface area (Å²) in [7, 11) is 0. The number of fused-ring (bicyclic) bond motifs is 2. The molecule has 2 heterocycles. The molecule has 0 aromatic heterocycles. The number of nitrogens with zero attached hydrogens (tertiary/aromatic N) is 1. The maximum atomic E-state index is 13.0. The molecule has 4 heteroatoms. The van der Waals surface area contributed by atoms with Gasteiger partial charge >= 0.3 is 0 Å². The van der Waals surface area contributed by atoms with Crippen LogP contribution >= 0.6 is 0 Å². The molecule has 2 amide bonds. The molecular weight excluding hydrogens is 288 g/mol. The molecule has 1 N–H and O–H groups in total. The third kappa shape index (κ3) is 2.31. The van der Waals surface area contributed by atoms with Crippen LogP contribution in [0.5, 0.6) is 0 Å². The quantitative estimate of drug-likeness (QED) is 0.880. The number of carbonyl (C=O) groups excluding carboxylic acids is 2. The molecule has 4 nitrogen and oxygen atoms in total. The number of nitrogens with one attached hydrogen (secondary N) is 1. The molecule has 0 radical (unpaired) electrons. The molecule has 1 atom stereocenters. The highest BCUT2D eigenvalue weighted by atomic mass is 16.2. The maximum Gasteiger partial charge on any atom is 0.258 e.